The predicted octanol–water partition coefficient (Wildman–Crippen LogP) is 6.99. The summed E-state index contributed by atoms with van der Waals surface area (Å²) < 4.78 is 27.8. The largest absolute Gasteiger partial charge is 0.459 e. The normalized spacial score (nSPS) is 19.4. The quantitative estimate of drug-likeness (QED) is 0.148. The maximum atomic E-state index is 13.2. The van der Waals surface area contributed by atoms with Gasteiger partial charge in [0.05, 0.1) is 11.9 Å². The van der Waals surface area contributed by atoms with Gasteiger partial charge in [0, 0.05) is 16.7 Å². The molecule has 0 bridgehead atoms. The van der Waals surface area contributed by atoms with Crippen molar-refractivity contribution in [3.63, 3.8) is 0 Å². The van der Waals surface area contributed by atoms with E-state index < -0.39 is 36.1 Å². The summed E-state index contributed by atoms with van der Waals surface area (Å²) in [6, 6.07) is 40.8. The molecule has 2 N–H and O–H groups in total. The first-order chi connectivity index (χ1) is 27.4. The van der Waals surface area contributed by atoms with Crippen LogP contribution in [-0.2, 0) is 19.8 Å². The maximum Gasteiger partial charge on any atom is 0.338 e. The first-order valence-corrected chi connectivity index (χ1v) is 18.1. The molecule has 9 rings (SSSR count). The molecule has 7 aromatic rings. The third-order valence-corrected chi connectivity index (χ3v) is 10.1. The molecule has 2 aliphatic heterocycles. The van der Waals surface area contributed by atoms with Gasteiger partial charge >= 0.3 is 5.97 Å². The lowest BCUT2D eigenvalue weighted by Gasteiger charge is -2.43. The van der Waals surface area contributed by atoms with Crippen molar-refractivity contribution in [2.24, 2.45) is 0 Å². The number of ether oxygens (including phenoxy) is 4. The van der Waals surface area contributed by atoms with Crippen molar-refractivity contribution in [3.05, 3.63) is 179 Å². The van der Waals surface area contributed by atoms with Gasteiger partial charge in [-0.25, -0.2) is 19.7 Å². The van der Waals surface area contributed by atoms with E-state index in [1.807, 2.05) is 104 Å². The zero-order valence-corrected chi connectivity index (χ0v) is 30.1. The Morgan fingerprint density at radius 3 is 2.12 bits per heavy atom. The number of hydrogen-bond acceptors (Lipinski definition) is 10. The van der Waals surface area contributed by atoms with Crippen molar-refractivity contribution >= 4 is 28.9 Å². The zero-order valence-electron chi connectivity index (χ0n) is 30.1. The molecule has 12 heteroatoms. The van der Waals surface area contributed by atoms with Crippen LogP contribution in [-0.4, -0.2) is 61.4 Å². The number of imidazole rings is 1. The predicted molar refractivity (Wildman–Crippen MR) is 205 cm³/mol. The van der Waals surface area contributed by atoms with Gasteiger partial charge in [0.15, 0.2) is 28.8 Å². The molecule has 12 nitrogen and oxygen atoms in total. The molecule has 1 fully saturated rings. The fourth-order valence-corrected chi connectivity index (χ4v) is 7.38. The molecule has 1 amide bonds. The lowest BCUT2D eigenvalue weighted by molar-refractivity contribution is -0.124. The Balaban J connectivity index is 1.14. The number of rotatable bonds is 9. The van der Waals surface area contributed by atoms with Gasteiger partial charge < -0.3 is 29.4 Å². The highest BCUT2D eigenvalue weighted by Crippen LogP contribution is 2.54. The molecule has 0 spiro atoms. The van der Waals surface area contributed by atoms with Crippen molar-refractivity contribution < 1.29 is 33.6 Å². The summed E-state index contributed by atoms with van der Waals surface area (Å²) in [4.78, 5) is 39.8. The van der Waals surface area contributed by atoms with E-state index in [-0.39, 0.29) is 18.3 Å². The minimum atomic E-state index is -1.33. The van der Waals surface area contributed by atoms with Crippen LogP contribution in [0.5, 0.6) is 11.5 Å². The number of nitrogens with zero attached hydrogens (tertiary/aromatic N) is 4. The maximum absolute atomic E-state index is 13.2. The summed E-state index contributed by atoms with van der Waals surface area (Å²) in [6.45, 7) is 1.65. The third kappa shape index (κ3) is 6.15. The van der Waals surface area contributed by atoms with E-state index in [0.29, 0.717) is 44.9 Å². The van der Waals surface area contributed by atoms with Crippen molar-refractivity contribution in [1.29, 1.82) is 0 Å². The highest BCUT2D eigenvalue weighted by atomic mass is 16.6. The average molecular weight is 746 g/mol. The summed E-state index contributed by atoms with van der Waals surface area (Å²) in [5.41, 5.74) is 3.33. The van der Waals surface area contributed by atoms with E-state index in [0.717, 1.165) is 11.1 Å². The second-order valence-electron chi connectivity index (χ2n) is 13.6. The van der Waals surface area contributed by atoms with Gasteiger partial charge in [-0.05, 0) is 48.9 Å². The summed E-state index contributed by atoms with van der Waals surface area (Å²) >= 11 is 0. The Kier molecular flexibility index (Phi) is 9.06. The van der Waals surface area contributed by atoms with Crippen molar-refractivity contribution in [1.82, 2.24) is 19.5 Å². The van der Waals surface area contributed by atoms with Crippen LogP contribution in [0.1, 0.15) is 49.2 Å². The van der Waals surface area contributed by atoms with E-state index in [4.69, 9.17) is 18.9 Å². The van der Waals surface area contributed by atoms with Crippen LogP contribution in [0.4, 0.5) is 5.82 Å². The van der Waals surface area contributed by atoms with E-state index in [1.165, 1.54) is 12.7 Å². The molecule has 2 aromatic heterocycles. The molecule has 4 heterocycles. The van der Waals surface area contributed by atoms with Crippen molar-refractivity contribution in [2.75, 3.05) is 11.9 Å². The number of anilines is 1. The molecule has 4 atom stereocenters. The number of nitrogens with one attached hydrogen (secondary N) is 1. The standard InChI is InChI=1S/C44H35N5O7/c1-27-20-22-29(23-21-27)43(52)53-24-35-37(50)38(42(55-35)49-26-47-36-39(45-25-46-40(36)49)48-41(51)28-12-4-2-5-13-28)56-44(30-14-6-3-7-15-30)31-16-8-10-18-33(31)54-34-19-11-9-17-32(34)44/h2-23,25-26,35,37-38,42,50H,24H2,1H3,(H,45,46,48,51)/t35-,37-,38-,42-/m1/s1. The molecule has 0 unspecified atom stereocenters. The summed E-state index contributed by atoms with van der Waals surface area (Å²) in [5.74, 6) is 0.432. The SMILES string of the molecule is Cc1ccc(C(=O)OC[C@H]2O[C@@H](n3cnc4c(NC(=O)c5ccccc5)ncnc43)[C@H](OC3(c4ccccc4)c4ccccc4Oc4ccccc43)[C@@H]2O)cc1. The van der Waals surface area contributed by atoms with Crippen LogP contribution in [0.2, 0.25) is 0 Å². The molecular formula is C44H35N5O7. The molecule has 278 valence electrons. The molecular weight excluding hydrogens is 711 g/mol. The Bertz CT molecular complexity index is 2500. The van der Waals surface area contributed by atoms with Crippen LogP contribution >= 0.6 is 0 Å². The molecule has 0 saturated carbocycles. The summed E-state index contributed by atoms with van der Waals surface area (Å²) in [7, 11) is 0. The first-order valence-electron chi connectivity index (χ1n) is 18.1. The van der Waals surface area contributed by atoms with Crippen LogP contribution in [0, 0.1) is 6.92 Å². The number of fused-ring (bicyclic) bond motifs is 3. The number of para-hydroxylation sites is 2. The lowest BCUT2D eigenvalue weighted by atomic mass is 9.77. The molecule has 2 aliphatic rings. The van der Waals surface area contributed by atoms with Gasteiger partial charge in [-0.15, -0.1) is 0 Å². The molecule has 0 aliphatic carbocycles. The van der Waals surface area contributed by atoms with Crippen LogP contribution < -0.4 is 10.1 Å². The monoisotopic (exact) mass is 745 g/mol. The smallest absolute Gasteiger partial charge is 0.338 e. The Labute approximate surface area is 321 Å². The van der Waals surface area contributed by atoms with Gasteiger partial charge in [-0.3, -0.25) is 9.36 Å². The first kappa shape index (κ1) is 35.0. The highest BCUT2D eigenvalue weighted by Gasteiger charge is 2.54. The van der Waals surface area contributed by atoms with Crippen molar-refractivity contribution in [2.45, 2.75) is 37.1 Å². The van der Waals surface area contributed by atoms with E-state index in [2.05, 4.69) is 20.3 Å². The van der Waals surface area contributed by atoms with E-state index in [1.54, 1.807) is 41.0 Å². The van der Waals surface area contributed by atoms with Crippen LogP contribution in [0.25, 0.3) is 11.2 Å². The number of aliphatic hydroxyl groups excluding tert-OH is 1. The van der Waals surface area contributed by atoms with Gasteiger partial charge in [0.25, 0.3) is 5.91 Å². The second-order valence-corrected chi connectivity index (χ2v) is 13.6. The number of carbonyl (C=O) groups is 2. The highest BCUT2D eigenvalue weighted by molar-refractivity contribution is 6.06. The summed E-state index contributed by atoms with van der Waals surface area (Å²) in [5, 5.41) is 15.1. The Morgan fingerprint density at radius 2 is 1.43 bits per heavy atom. The number of carbonyl (C=O) groups excluding carboxylic acids is 2. The van der Waals surface area contributed by atoms with Crippen LogP contribution in [0.15, 0.2) is 146 Å². The Hall–Kier alpha value is -6.73. The molecule has 1 saturated heterocycles. The number of hydrogen-bond donors (Lipinski definition) is 2. The molecule has 0 radical (unpaired) electrons. The number of benzene rings is 5. The summed E-state index contributed by atoms with van der Waals surface area (Å²) in [6.07, 6.45) is -1.72. The van der Waals surface area contributed by atoms with E-state index in [9.17, 15) is 14.7 Å². The Morgan fingerprint density at radius 1 is 0.786 bits per heavy atom. The lowest BCUT2D eigenvalue weighted by Crippen LogP contribution is -2.45. The second kappa shape index (κ2) is 14.5. The topological polar surface area (TPSA) is 147 Å². The number of aromatic nitrogens is 4. The van der Waals surface area contributed by atoms with Gasteiger partial charge in [-0.1, -0.05) is 103 Å². The number of aryl methyl sites for hydroxylation is 1. The van der Waals surface area contributed by atoms with Crippen LogP contribution in [0.3, 0.4) is 0 Å². The number of aliphatic hydroxyl groups is 1. The zero-order chi connectivity index (χ0) is 38.2. The molecule has 56 heavy (non-hydrogen) atoms. The molecule has 5 aromatic carbocycles. The number of esters is 1. The minimum absolute atomic E-state index is 0.190. The average Bonchev–Trinajstić information content (AvgIpc) is 3.81. The van der Waals surface area contributed by atoms with Gasteiger partial charge in [0.1, 0.15) is 42.7 Å². The minimum Gasteiger partial charge on any atom is -0.459 e. The third-order valence-electron chi connectivity index (χ3n) is 10.1. The van der Waals surface area contributed by atoms with Crippen molar-refractivity contribution in [3.8, 4) is 11.5 Å². The fraction of sp³-hybridized carbons (Fsp3) is 0.159. The van der Waals surface area contributed by atoms with E-state index >= 15 is 0 Å². The fourth-order valence-electron chi connectivity index (χ4n) is 7.38. The van der Waals surface area contributed by atoms with Gasteiger partial charge in [0.2, 0.25) is 0 Å². The van der Waals surface area contributed by atoms with Gasteiger partial charge in [-0.2, -0.15) is 0 Å². The number of amides is 1.